The second-order valence-electron chi connectivity index (χ2n) is 4.13. The minimum atomic E-state index is -0.0365. The molecule has 0 amide bonds. The van der Waals surface area contributed by atoms with Gasteiger partial charge in [0.25, 0.3) is 0 Å². The first kappa shape index (κ1) is 8.52. The Morgan fingerprint density at radius 3 is 2.42 bits per heavy atom. The lowest BCUT2D eigenvalue weighted by Gasteiger charge is -2.29. The van der Waals surface area contributed by atoms with Gasteiger partial charge in [-0.15, -0.1) is 0 Å². The smallest absolute Gasteiger partial charge is 0.0695 e. The first-order valence-corrected chi connectivity index (χ1v) is 5.26. The number of hydrogen-bond donors (Lipinski definition) is 1. The van der Waals surface area contributed by atoms with Gasteiger partial charge in [-0.25, -0.2) is 0 Å². The Hall–Kier alpha value is -0.0800. The van der Waals surface area contributed by atoms with E-state index in [1.54, 1.807) is 0 Å². The van der Waals surface area contributed by atoms with Crippen molar-refractivity contribution in [3.05, 3.63) is 0 Å². The summed E-state index contributed by atoms with van der Waals surface area (Å²) in [6, 6.07) is 1.30. The van der Waals surface area contributed by atoms with Gasteiger partial charge in [0.1, 0.15) is 0 Å². The van der Waals surface area contributed by atoms with Crippen LogP contribution >= 0.6 is 0 Å². The Labute approximate surface area is 74.6 Å². The first-order chi connectivity index (χ1) is 5.83. The van der Waals surface area contributed by atoms with E-state index in [9.17, 15) is 5.11 Å². The van der Waals surface area contributed by atoms with Crippen LogP contribution in [0.4, 0.5) is 0 Å². The molecule has 2 fully saturated rings. The molecule has 2 aliphatic carbocycles. The van der Waals surface area contributed by atoms with Gasteiger partial charge < -0.3 is 5.11 Å². The van der Waals surface area contributed by atoms with Crippen molar-refractivity contribution in [3.8, 4) is 0 Å². The van der Waals surface area contributed by atoms with Crippen LogP contribution in [-0.2, 0) is 0 Å². The van der Waals surface area contributed by atoms with Crippen LogP contribution in [0.15, 0.2) is 0 Å². The molecule has 0 spiro atoms. The summed E-state index contributed by atoms with van der Waals surface area (Å²) in [4.78, 5) is 2.51. The van der Waals surface area contributed by atoms with Crippen LogP contribution in [0.3, 0.4) is 0 Å². The van der Waals surface area contributed by atoms with Gasteiger partial charge in [0.05, 0.1) is 6.10 Å². The fourth-order valence-corrected chi connectivity index (χ4v) is 2.48. The van der Waals surface area contributed by atoms with Crippen molar-refractivity contribution in [1.82, 2.24) is 4.90 Å². The minimum Gasteiger partial charge on any atom is -0.391 e. The maximum absolute atomic E-state index is 9.73. The summed E-state index contributed by atoms with van der Waals surface area (Å²) < 4.78 is 0. The summed E-state index contributed by atoms with van der Waals surface area (Å²) in [6.07, 6.45) is 6.13. The molecule has 2 saturated carbocycles. The van der Waals surface area contributed by atoms with Gasteiger partial charge in [0.2, 0.25) is 0 Å². The summed E-state index contributed by atoms with van der Waals surface area (Å²) in [5.74, 6) is 0. The van der Waals surface area contributed by atoms with Crippen molar-refractivity contribution < 1.29 is 5.11 Å². The van der Waals surface area contributed by atoms with Crippen LogP contribution in [0.2, 0.25) is 0 Å². The second kappa shape index (κ2) is 3.35. The Balaban J connectivity index is 1.94. The standard InChI is InChI=1S/C10H19NO/c1-2-11(8-6-7-8)9-4-3-5-10(9)12/h8-10,12H,2-7H2,1H3. The molecule has 1 N–H and O–H groups in total. The molecule has 2 aliphatic rings. The zero-order chi connectivity index (χ0) is 8.55. The van der Waals surface area contributed by atoms with E-state index in [-0.39, 0.29) is 6.10 Å². The van der Waals surface area contributed by atoms with E-state index in [1.165, 1.54) is 25.7 Å². The molecular formula is C10H19NO. The van der Waals surface area contributed by atoms with Crippen LogP contribution in [0.5, 0.6) is 0 Å². The largest absolute Gasteiger partial charge is 0.391 e. The Bertz CT molecular complexity index is 156. The average molecular weight is 169 g/mol. The van der Waals surface area contributed by atoms with E-state index < -0.39 is 0 Å². The molecule has 2 rings (SSSR count). The Kier molecular flexibility index (Phi) is 2.37. The minimum absolute atomic E-state index is 0.0365. The molecule has 0 bridgehead atoms. The van der Waals surface area contributed by atoms with Gasteiger partial charge >= 0.3 is 0 Å². The predicted octanol–water partition coefficient (Wildman–Crippen LogP) is 1.38. The number of nitrogens with zero attached hydrogens (tertiary/aromatic N) is 1. The molecule has 0 radical (unpaired) electrons. The van der Waals surface area contributed by atoms with Gasteiger partial charge in [-0.05, 0) is 38.6 Å². The van der Waals surface area contributed by atoms with E-state index in [4.69, 9.17) is 0 Å². The topological polar surface area (TPSA) is 23.5 Å². The van der Waals surface area contributed by atoms with E-state index in [0.29, 0.717) is 6.04 Å². The summed E-state index contributed by atoms with van der Waals surface area (Å²) in [6.45, 7) is 3.33. The molecular weight excluding hydrogens is 150 g/mol. The third-order valence-electron chi connectivity index (χ3n) is 3.25. The van der Waals surface area contributed by atoms with E-state index in [2.05, 4.69) is 11.8 Å². The molecule has 12 heavy (non-hydrogen) atoms. The normalized spacial score (nSPS) is 36.2. The lowest BCUT2D eigenvalue weighted by Crippen LogP contribution is -2.41. The Morgan fingerprint density at radius 2 is 2.00 bits per heavy atom. The second-order valence-corrected chi connectivity index (χ2v) is 4.13. The molecule has 0 aromatic carbocycles. The van der Waals surface area contributed by atoms with Crippen molar-refractivity contribution in [3.63, 3.8) is 0 Å². The molecule has 2 heteroatoms. The highest BCUT2D eigenvalue weighted by Gasteiger charge is 2.37. The molecule has 0 aliphatic heterocycles. The molecule has 0 aromatic rings. The molecule has 2 nitrogen and oxygen atoms in total. The number of rotatable bonds is 3. The van der Waals surface area contributed by atoms with Gasteiger partial charge in [-0.1, -0.05) is 6.92 Å². The quantitative estimate of drug-likeness (QED) is 0.690. The monoisotopic (exact) mass is 169 g/mol. The number of hydrogen-bond acceptors (Lipinski definition) is 2. The summed E-state index contributed by atoms with van der Waals surface area (Å²) in [5.41, 5.74) is 0. The highest BCUT2D eigenvalue weighted by atomic mass is 16.3. The maximum Gasteiger partial charge on any atom is 0.0695 e. The summed E-state index contributed by atoms with van der Waals surface area (Å²) in [7, 11) is 0. The van der Waals surface area contributed by atoms with Crippen molar-refractivity contribution in [2.45, 2.75) is 57.2 Å². The molecule has 0 aromatic heterocycles. The average Bonchev–Trinajstić information content (AvgIpc) is 2.80. The SMILES string of the molecule is CCN(C1CC1)C1CCCC1O. The van der Waals surface area contributed by atoms with E-state index >= 15 is 0 Å². The third-order valence-corrected chi connectivity index (χ3v) is 3.25. The van der Waals surface area contributed by atoms with Crippen molar-refractivity contribution in [2.24, 2.45) is 0 Å². The highest BCUT2D eigenvalue weighted by Crippen LogP contribution is 2.34. The van der Waals surface area contributed by atoms with Gasteiger partial charge in [0, 0.05) is 12.1 Å². The first-order valence-electron chi connectivity index (χ1n) is 5.26. The highest BCUT2D eigenvalue weighted by molar-refractivity contribution is 4.93. The van der Waals surface area contributed by atoms with Gasteiger partial charge in [-0.3, -0.25) is 4.90 Å². The van der Waals surface area contributed by atoms with Crippen LogP contribution in [-0.4, -0.2) is 34.7 Å². The zero-order valence-electron chi connectivity index (χ0n) is 7.87. The summed E-state index contributed by atoms with van der Waals surface area (Å²) >= 11 is 0. The molecule has 2 atom stereocenters. The fourth-order valence-electron chi connectivity index (χ4n) is 2.48. The molecule has 2 unspecified atom stereocenters. The van der Waals surface area contributed by atoms with Crippen LogP contribution in [0.1, 0.15) is 39.0 Å². The van der Waals surface area contributed by atoms with Crippen molar-refractivity contribution in [1.29, 1.82) is 0 Å². The number of aliphatic hydroxyl groups excluding tert-OH is 1. The molecule has 0 heterocycles. The van der Waals surface area contributed by atoms with Gasteiger partial charge in [0.15, 0.2) is 0 Å². The van der Waals surface area contributed by atoms with Crippen LogP contribution < -0.4 is 0 Å². The molecule has 0 saturated heterocycles. The van der Waals surface area contributed by atoms with Crippen molar-refractivity contribution in [2.75, 3.05) is 6.54 Å². The van der Waals surface area contributed by atoms with Crippen molar-refractivity contribution >= 4 is 0 Å². The van der Waals surface area contributed by atoms with Crippen LogP contribution in [0, 0.1) is 0 Å². The lowest BCUT2D eigenvalue weighted by molar-refractivity contribution is 0.0690. The zero-order valence-corrected chi connectivity index (χ0v) is 7.87. The predicted molar refractivity (Wildman–Crippen MR) is 49.0 cm³/mol. The lowest BCUT2D eigenvalue weighted by atomic mass is 10.2. The van der Waals surface area contributed by atoms with E-state index in [1.807, 2.05) is 0 Å². The summed E-state index contributed by atoms with van der Waals surface area (Å²) in [5, 5.41) is 9.73. The van der Waals surface area contributed by atoms with Gasteiger partial charge in [-0.2, -0.15) is 0 Å². The van der Waals surface area contributed by atoms with Crippen LogP contribution in [0.25, 0.3) is 0 Å². The third kappa shape index (κ3) is 1.50. The fraction of sp³-hybridized carbons (Fsp3) is 1.00. The van der Waals surface area contributed by atoms with E-state index in [0.717, 1.165) is 19.0 Å². The molecule has 70 valence electrons. The maximum atomic E-state index is 9.73. The number of aliphatic hydroxyl groups is 1. The Morgan fingerprint density at radius 1 is 1.25 bits per heavy atom. The number of likely N-dealkylation sites (N-methyl/N-ethyl adjacent to an activating group) is 1.